The van der Waals surface area contributed by atoms with E-state index in [0.717, 1.165) is 56.6 Å². The highest BCUT2D eigenvalue weighted by Crippen LogP contribution is 2.47. The van der Waals surface area contributed by atoms with Gasteiger partial charge in [-0.25, -0.2) is 0 Å². The van der Waals surface area contributed by atoms with Crippen LogP contribution in [0.4, 0.5) is 0 Å². The summed E-state index contributed by atoms with van der Waals surface area (Å²) in [6.07, 6.45) is 5.74. The predicted molar refractivity (Wildman–Crippen MR) is 78.6 cm³/mol. The molecule has 2 fully saturated rings. The fraction of sp³-hybridized carbons (Fsp3) is 0.933. The number of carboxylic acid groups (broad SMARTS) is 1. The first-order chi connectivity index (χ1) is 9.02. The minimum atomic E-state index is -0.624. The molecule has 2 aliphatic heterocycles. The molecule has 2 atom stereocenters. The van der Waals surface area contributed by atoms with Crippen LogP contribution in [-0.2, 0) is 9.53 Å². The lowest BCUT2D eigenvalue weighted by Gasteiger charge is -2.47. The van der Waals surface area contributed by atoms with Gasteiger partial charge in [0.15, 0.2) is 0 Å². The van der Waals surface area contributed by atoms with Crippen LogP contribution in [0.15, 0.2) is 0 Å². The Morgan fingerprint density at radius 2 is 2.16 bits per heavy atom. The monoisotopic (exact) mass is 286 g/mol. The molecule has 0 saturated carbocycles. The number of carbonyl (C=O) groups is 1. The number of ether oxygens (including phenoxy) is 1. The molecule has 2 heterocycles. The first-order valence-corrected chi connectivity index (χ1v) is 8.63. The highest BCUT2D eigenvalue weighted by Gasteiger charge is 2.48. The second-order valence-corrected chi connectivity index (χ2v) is 7.53. The Morgan fingerprint density at radius 3 is 2.74 bits per heavy atom. The van der Waals surface area contributed by atoms with Gasteiger partial charge in [0.1, 0.15) is 0 Å². The standard InChI is InChI=1S/C15H26O3S/c1-3-5-14(2,13(16)17)12-4-8-18-15(11-12)6-9-19-10-7-15/h12H,3-11H2,1-2H3,(H,16,17). The zero-order chi connectivity index (χ0) is 13.9. The highest BCUT2D eigenvalue weighted by molar-refractivity contribution is 7.99. The number of carboxylic acids is 1. The van der Waals surface area contributed by atoms with E-state index in [9.17, 15) is 9.90 Å². The predicted octanol–water partition coefficient (Wildman–Crippen LogP) is 3.57. The van der Waals surface area contributed by atoms with Gasteiger partial charge in [-0.05, 0) is 56.5 Å². The van der Waals surface area contributed by atoms with E-state index in [1.807, 2.05) is 18.7 Å². The summed E-state index contributed by atoms with van der Waals surface area (Å²) in [5.74, 6) is 1.96. The summed E-state index contributed by atoms with van der Waals surface area (Å²) < 4.78 is 6.08. The van der Waals surface area contributed by atoms with Crippen molar-refractivity contribution in [3.05, 3.63) is 0 Å². The first kappa shape index (κ1) is 15.2. The summed E-state index contributed by atoms with van der Waals surface area (Å²) in [5, 5.41) is 9.66. The Balaban J connectivity index is 2.12. The van der Waals surface area contributed by atoms with Gasteiger partial charge in [0.05, 0.1) is 11.0 Å². The molecule has 4 heteroatoms. The van der Waals surface area contributed by atoms with Crippen LogP contribution in [0.1, 0.15) is 52.4 Å². The molecular formula is C15H26O3S. The van der Waals surface area contributed by atoms with Crippen LogP contribution in [-0.4, -0.2) is 34.8 Å². The Hall–Kier alpha value is -0.220. The van der Waals surface area contributed by atoms with Crippen LogP contribution in [0, 0.1) is 11.3 Å². The molecule has 1 N–H and O–H groups in total. The maximum Gasteiger partial charge on any atom is 0.309 e. The van der Waals surface area contributed by atoms with Crippen LogP contribution >= 0.6 is 11.8 Å². The largest absolute Gasteiger partial charge is 0.481 e. The minimum absolute atomic E-state index is 0.0153. The number of thioether (sulfide) groups is 1. The Labute approximate surface area is 120 Å². The van der Waals surface area contributed by atoms with Gasteiger partial charge in [-0.2, -0.15) is 11.8 Å². The van der Waals surface area contributed by atoms with Crippen LogP contribution in [0.2, 0.25) is 0 Å². The molecule has 0 radical (unpaired) electrons. The van der Waals surface area contributed by atoms with Crippen LogP contribution in [0.5, 0.6) is 0 Å². The third kappa shape index (κ3) is 3.10. The summed E-state index contributed by atoms with van der Waals surface area (Å²) in [4.78, 5) is 11.7. The van der Waals surface area contributed by atoms with Gasteiger partial charge in [0, 0.05) is 6.61 Å². The molecule has 0 aromatic heterocycles. The van der Waals surface area contributed by atoms with Gasteiger partial charge < -0.3 is 9.84 Å². The molecule has 2 unspecified atom stereocenters. The molecule has 0 aromatic rings. The van der Waals surface area contributed by atoms with Crippen LogP contribution in [0.25, 0.3) is 0 Å². The van der Waals surface area contributed by atoms with Crippen LogP contribution < -0.4 is 0 Å². The second kappa shape index (κ2) is 6.04. The van der Waals surface area contributed by atoms with Crippen molar-refractivity contribution in [3.8, 4) is 0 Å². The average molecular weight is 286 g/mol. The van der Waals surface area contributed by atoms with Gasteiger partial charge in [0.25, 0.3) is 0 Å². The minimum Gasteiger partial charge on any atom is -0.481 e. The molecule has 0 aliphatic carbocycles. The third-order valence-corrected chi connectivity index (χ3v) is 6.04. The Kier molecular flexibility index (Phi) is 4.83. The zero-order valence-corrected chi connectivity index (χ0v) is 12.9. The number of aliphatic carboxylic acids is 1. The molecule has 0 aromatic carbocycles. The normalized spacial score (nSPS) is 29.9. The summed E-state index contributed by atoms with van der Waals surface area (Å²) in [7, 11) is 0. The lowest BCUT2D eigenvalue weighted by Crippen LogP contribution is -2.48. The quantitative estimate of drug-likeness (QED) is 0.858. The van der Waals surface area contributed by atoms with Gasteiger partial charge in [0.2, 0.25) is 0 Å². The van der Waals surface area contributed by atoms with Crippen molar-refractivity contribution in [1.82, 2.24) is 0 Å². The molecule has 2 aliphatic rings. The molecular weight excluding hydrogens is 260 g/mol. The van der Waals surface area contributed by atoms with Gasteiger partial charge in [-0.15, -0.1) is 0 Å². The van der Waals surface area contributed by atoms with Crippen molar-refractivity contribution in [2.75, 3.05) is 18.1 Å². The maximum atomic E-state index is 11.7. The van der Waals surface area contributed by atoms with Crippen molar-refractivity contribution in [1.29, 1.82) is 0 Å². The van der Waals surface area contributed by atoms with E-state index in [-0.39, 0.29) is 11.5 Å². The molecule has 110 valence electrons. The van der Waals surface area contributed by atoms with E-state index in [1.165, 1.54) is 0 Å². The van der Waals surface area contributed by atoms with E-state index >= 15 is 0 Å². The van der Waals surface area contributed by atoms with Gasteiger partial charge >= 0.3 is 5.97 Å². The Morgan fingerprint density at radius 1 is 1.47 bits per heavy atom. The van der Waals surface area contributed by atoms with E-state index in [1.54, 1.807) is 0 Å². The lowest BCUT2D eigenvalue weighted by atomic mass is 9.66. The molecule has 0 bridgehead atoms. The van der Waals surface area contributed by atoms with Crippen molar-refractivity contribution in [2.24, 2.45) is 11.3 Å². The molecule has 2 rings (SSSR count). The number of hydrogen-bond acceptors (Lipinski definition) is 3. The SMILES string of the molecule is CCCC(C)(C(=O)O)C1CCOC2(CCSCC2)C1. The molecule has 0 amide bonds. The van der Waals surface area contributed by atoms with Crippen molar-refractivity contribution < 1.29 is 14.6 Å². The first-order valence-electron chi connectivity index (χ1n) is 7.47. The lowest BCUT2D eigenvalue weighted by molar-refractivity contribution is -0.163. The smallest absolute Gasteiger partial charge is 0.309 e. The average Bonchev–Trinajstić information content (AvgIpc) is 2.39. The van der Waals surface area contributed by atoms with E-state index in [4.69, 9.17) is 4.74 Å². The van der Waals surface area contributed by atoms with Gasteiger partial charge in [-0.1, -0.05) is 13.3 Å². The summed E-state index contributed by atoms with van der Waals surface area (Å²) in [6.45, 7) is 4.76. The molecule has 1 spiro atoms. The summed E-state index contributed by atoms with van der Waals surface area (Å²) >= 11 is 1.99. The summed E-state index contributed by atoms with van der Waals surface area (Å²) in [5.41, 5.74) is -0.589. The highest BCUT2D eigenvalue weighted by atomic mass is 32.2. The fourth-order valence-electron chi connectivity index (χ4n) is 3.67. The molecule has 19 heavy (non-hydrogen) atoms. The third-order valence-electron chi connectivity index (χ3n) is 5.06. The summed E-state index contributed by atoms with van der Waals surface area (Å²) in [6, 6.07) is 0. The van der Waals surface area contributed by atoms with Crippen LogP contribution in [0.3, 0.4) is 0 Å². The molecule has 3 nitrogen and oxygen atoms in total. The molecule has 2 saturated heterocycles. The van der Waals surface area contributed by atoms with Crippen molar-refractivity contribution in [3.63, 3.8) is 0 Å². The number of rotatable bonds is 4. The van der Waals surface area contributed by atoms with Crippen molar-refractivity contribution >= 4 is 17.7 Å². The van der Waals surface area contributed by atoms with Gasteiger partial charge in [-0.3, -0.25) is 4.79 Å². The Bertz CT molecular complexity index is 320. The van der Waals surface area contributed by atoms with E-state index in [2.05, 4.69) is 6.92 Å². The number of hydrogen-bond donors (Lipinski definition) is 1. The van der Waals surface area contributed by atoms with Crippen molar-refractivity contribution in [2.45, 2.75) is 58.0 Å². The van der Waals surface area contributed by atoms with E-state index in [0.29, 0.717) is 0 Å². The second-order valence-electron chi connectivity index (χ2n) is 6.31. The van der Waals surface area contributed by atoms with E-state index < -0.39 is 11.4 Å². The zero-order valence-electron chi connectivity index (χ0n) is 12.1. The topological polar surface area (TPSA) is 46.5 Å². The fourth-order valence-corrected chi connectivity index (χ4v) is 4.91. The maximum absolute atomic E-state index is 11.7.